The van der Waals surface area contributed by atoms with Gasteiger partial charge in [-0.05, 0) is 0 Å². The van der Waals surface area contributed by atoms with Gasteiger partial charge in [0.15, 0.2) is 0 Å². The average molecular weight is 226 g/mol. The topological polar surface area (TPSA) is 0 Å². The molecule has 0 saturated heterocycles. The van der Waals surface area contributed by atoms with Crippen molar-refractivity contribution in [2.45, 2.75) is 88.0 Å². The van der Waals surface area contributed by atoms with Gasteiger partial charge in [0, 0.05) is 0 Å². The smallest absolute Gasteiger partial charge is 0.0935 e. The van der Waals surface area contributed by atoms with Crippen molar-refractivity contribution >= 4 is 14.1 Å². The summed E-state index contributed by atoms with van der Waals surface area (Å²) in [5, 5.41) is 1.58. The molecule has 15 heavy (non-hydrogen) atoms. The Labute approximate surface area is 102 Å². The molecule has 0 N–H and O–H groups in total. The Morgan fingerprint density at radius 1 is 0.733 bits per heavy atom. The summed E-state index contributed by atoms with van der Waals surface area (Å²) in [4.78, 5) is 0. The van der Waals surface area contributed by atoms with E-state index >= 15 is 0 Å². The van der Waals surface area contributed by atoms with Crippen LogP contribution < -0.4 is 0 Å². The second-order valence-corrected chi connectivity index (χ2v) is 10.3. The largest absolute Gasteiger partial charge is 0.267 e. The zero-order chi connectivity index (χ0) is 11.7. The second kappa shape index (κ2) is 9.74. The van der Waals surface area contributed by atoms with Gasteiger partial charge in [-0.1, -0.05) is 88.0 Å². The number of unbranched alkanes of at least 4 members (excludes halogenated alkanes) is 5. The van der Waals surface area contributed by atoms with Crippen molar-refractivity contribution in [3.05, 3.63) is 0 Å². The lowest BCUT2D eigenvalue weighted by Gasteiger charge is -2.19. The van der Waals surface area contributed by atoms with Crippen LogP contribution in [0.5, 0.6) is 0 Å². The molecule has 0 fully saturated rings. The molecule has 0 aromatic rings. The summed E-state index contributed by atoms with van der Waals surface area (Å²) in [5.41, 5.74) is 0. The summed E-state index contributed by atoms with van der Waals surface area (Å²) in [7, 11) is 0. The Bertz CT molecular complexity index is 121. The third-order valence-corrected chi connectivity index (χ3v) is 8.10. The third-order valence-electron chi connectivity index (χ3n) is 3.60. The van der Waals surface area contributed by atoms with E-state index in [-0.39, 0.29) is 0 Å². The molecule has 0 bridgehead atoms. The van der Waals surface area contributed by atoms with Gasteiger partial charge in [-0.25, -0.2) is 0 Å². The molecule has 0 aromatic carbocycles. The third kappa shape index (κ3) is 8.35. The van der Waals surface area contributed by atoms with Crippen molar-refractivity contribution in [2.75, 3.05) is 0 Å². The molecule has 0 nitrogen and oxygen atoms in total. The van der Waals surface area contributed by atoms with Crippen LogP contribution in [0.3, 0.4) is 0 Å². The van der Waals surface area contributed by atoms with Crippen molar-refractivity contribution in [1.82, 2.24) is 0 Å². The van der Waals surface area contributed by atoms with Crippen LogP contribution in [0.25, 0.3) is 0 Å². The van der Waals surface area contributed by atoms with E-state index in [0.29, 0.717) is 0 Å². The van der Waals surface area contributed by atoms with Crippen molar-refractivity contribution < 1.29 is 0 Å². The van der Waals surface area contributed by atoms with Gasteiger partial charge in [0.05, 0.1) is 0 Å². The zero-order valence-corrected chi connectivity index (χ0v) is 12.8. The van der Waals surface area contributed by atoms with E-state index in [4.69, 9.17) is 0 Å². The number of hydrogen-bond acceptors (Lipinski definition) is 0. The zero-order valence-electron chi connectivity index (χ0n) is 11.7. The Hall–Kier alpha value is 0.532. The molecule has 1 heteroatoms. The average Bonchev–Trinajstić information content (AvgIpc) is 2.15. The number of hydrogen-bond donors (Lipinski definition) is 0. The Balaban J connectivity index is 3.46. The Kier molecular flexibility index (Phi) is 10.1. The maximum Gasteiger partial charge on any atom is 0.267 e. The van der Waals surface area contributed by atoms with Crippen molar-refractivity contribution in [3.63, 3.8) is 0 Å². The Morgan fingerprint density at radius 3 is 1.67 bits per heavy atom. The van der Waals surface area contributed by atoms with Crippen LogP contribution in [0.4, 0.5) is 0 Å². The lowest BCUT2D eigenvalue weighted by Crippen LogP contribution is -2.20. The molecule has 0 aliphatic rings. The van der Waals surface area contributed by atoms with Crippen LogP contribution in [-0.2, 0) is 0 Å². The predicted octanol–water partition coefficient (Wildman–Crippen LogP) is 5.66. The first kappa shape index (κ1) is 15.5. The van der Waals surface area contributed by atoms with Gasteiger partial charge < -0.3 is 0 Å². The van der Waals surface area contributed by atoms with Crippen molar-refractivity contribution in [1.29, 1.82) is 0 Å². The molecule has 0 saturated carbocycles. The minimum atomic E-state index is -0.439. The second-order valence-electron chi connectivity index (χ2n) is 5.71. The normalized spacial score (nSPS) is 11.4. The highest BCUT2D eigenvalue weighted by Crippen LogP contribution is 2.25. The maximum absolute atomic E-state index is 2.44. The molecule has 0 heterocycles. The van der Waals surface area contributed by atoms with Crippen molar-refractivity contribution in [2.24, 2.45) is 0 Å². The quantitative estimate of drug-likeness (QED) is 0.351. The lowest BCUT2D eigenvalue weighted by molar-refractivity contribution is 0.621. The highest BCUT2D eigenvalue weighted by atomic mass is 27.2. The van der Waals surface area contributed by atoms with Crippen LogP contribution >= 0.6 is 0 Å². The van der Waals surface area contributed by atoms with Crippen LogP contribution in [0.15, 0.2) is 0 Å². The minimum absolute atomic E-state index is 0.439. The highest BCUT2D eigenvalue weighted by molar-refractivity contribution is 6.61. The summed E-state index contributed by atoms with van der Waals surface area (Å²) in [5.74, 6) is 0. The number of rotatable bonds is 9. The molecule has 0 aliphatic carbocycles. The van der Waals surface area contributed by atoms with Crippen LogP contribution in [-0.4, -0.2) is 14.1 Å². The van der Waals surface area contributed by atoms with Crippen LogP contribution in [0.2, 0.25) is 14.8 Å². The standard InChI is InChI=1S/C8H17.2C3H7.Al/c1-3-5-7-8-6-4-2;2*1-3-2;/h1,3-8H2,2H3;2*3H,1-2H3;. The van der Waals surface area contributed by atoms with Gasteiger partial charge in [0.25, 0.3) is 14.1 Å². The van der Waals surface area contributed by atoms with E-state index in [9.17, 15) is 0 Å². The fourth-order valence-electron chi connectivity index (χ4n) is 2.60. The van der Waals surface area contributed by atoms with Gasteiger partial charge in [0.2, 0.25) is 0 Å². The maximum atomic E-state index is 2.44. The molecule has 0 spiro atoms. The first-order valence-corrected chi connectivity index (χ1v) is 9.24. The first-order valence-electron chi connectivity index (χ1n) is 7.09. The summed E-state index contributed by atoms with van der Waals surface area (Å²) >= 11 is -0.439. The first-order chi connectivity index (χ1) is 7.09. The van der Waals surface area contributed by atoms with E-state index in [2.05, 4.69) is 34.6 Å². The lowest BCUT2D eigenvalue weighted by atomic mass is 10.1. The molecule has 0 amide bonds. The fraction of sp³-hybridized carbons (Fsp3) is 1.00. The molecule has 0 unspecified atom stereocenters. The summed E-state index contributed by atoms with van der Waals surface area (Å²) in [6, 6.07) is 0. The van der Waals surface area contributed by atoms with Crippen LogP contribution in [0, 0.1) is 0 Å². The van der Waals surface area contributed by atoms with Gasteiger partial charge >= 0.3 is 0 Å². The molecule has 0 radical (unpaired) electrons. The predicted molar refractivity (Wildman–Crippen MR) is 74.1 cm³/mol. The summed E-state index contributed by atoms with van der Waals surface area (Å²) < 4.78 is 2.00. The molecule has 90 valence electrons. The minimum Gasteiger partial charge on any atom is -0.0935 e. The van der Waals surface area contributed by atoms with E-state index < -0.39 is 14.1 Å². The SMILES string of the molecule is CCCCCCC[CH2][Al]([CH](C)C)[CH](C)C. The monoisotopic (exact) mass is 226 g/mol. The van der Waals surface area contributed by atoms with Gasteiger partial charge in [-0.15, -0.1) is 0 Å². The van der Waals surface area contributed by atoms with Crippen LogP contribution in [0.1, 0.15) is 73.1 Å². The molecule has 0 aromatic heterocycles. The molecular weight excluding hydrogens is 195 g/mol. The molecule has 0 aliphatic heterocycles. The van der Waals surface area contributed by atoms with E-state index in [1.54, 1.807) is 5.28 Å². The highest BCUT2D eigenvalue weighted by Gasteiger charge is 2.23. The van der Waals surface area contributed by atoms with E-state index in [1.165, 1.54) is 38.5 Å². The van der Waals surface area contributed by atoms with Gasteiger partial charge in [-0.2, -0.15) is 0 Å². The Morgan fingerprint density at radius 2 is 1.20 bits per heavy atom. The van der Waals surface area contributed by atoms with E-state index in [0.717, 1.165) is 9.56 Å². The molecule has 0 rings (SSSR count). The molecular formula is C14H31Al. The van der Waals surface area contributed by atoms with Gasteiger partial charge in [-0.3, -0.25) is 0 Å². The van der Waals surface area contributed by atoms with E-state index in [1.807, 2.05) is 0 Å². The van der Waals surface area contributed by atoms with Crippen molar-refractivity contribution in [3.8, 4) is 0 Å². The summed E-state index contributed by atoms with van der Waals surface area (Å²) in [6.45, 7) is 12.0. The fourth-order valence-corrected chi connectivity index (χ4v) is 6.23. The summed E-state index contributed by atoms with van der Waals surface area (Å²) in [6.07, 6.45) is 8.75. The van der Waals surface area contributed by atoms with Gasteiger partial charge in [0.1, 0.15) is 0 Å². The molecule has 0 atom stereocenters.